The molecule has 0 spiro atoms. The molecule has 80 valence electrons. The zero-order chi connectivity index (χ0) is 10.7. The highest BCUT2D eigenvalue weighted by Crippen LogP contribution is 2.05. The summed E-state index contributed by atoms with van der Waals surface area (Å²) in [6, 6.07) is 0. The summed E-state index contributed by atoms with van der Waals surface area (Å²) in [6.07, 6.45) is 5.79. The van der Waals surface area contributed by atoms with Gasteiger partial charge < -0.3 is 0 Å². The minimum Gasteiger partial charge on any atom is -0.300 e. The molecule has 0 aliphatic heterocycles. The molecule has 0 aliphatic rings. The second kappa shape index (κ2) is 12.2. The summed E-state index contributed by atoms with van der Waals surface area (Å²) in [4.78, 5) is 9.56. The van der Waals surface area contributed by atoms with Crippen molar-refractivity contribution < 1.29 is 4.79 Å². The van der Waals surface area contributed by atoms with Gasteiger partial charge in [0.1, 0.15) is 10.6 Å². The molecule has 0 aromatic carbocycles. The summed E-state index contributed by atoms with van der Waals surface area (Å²) in [5.74, 6) is 0.0231. The first-order chi connectivity index (χ1) is 6.04. The van der Waals surface area contributed by atoms with Gasteiger partial charge >= 0.3 is 0 Å². The van der Waals surface area contributed by atoms with Crippen LogP contribution in [0, 0.1) is 0 Å². The lowest BCUT2D eigenvalue weighted by Gasteiger charge is -1.90. The summed E-state index contributed by atoms with van der Waals surface area (Å²) < 4.78 is 0. The van der Waals surface area contributed by atoms with Crippen molar-refractivity contribution >= 4 is 29.0 Å². The number of hydrogen-bond donors (Lipinski definition) is 0. The third-order valence-corrected chi connectivity index (χ3v) is 1.71. The molecule has 0 aromatic heterocycles. The highest BCUT2D eigenvalue weighted by Gasteiger charge is 2.00. The van der Waals surface area contributed by atoms with Crippen LogP contribution in [0.1, 0.15) is 52.9 Å². The first kappa shape index (κ1) is 15.7. The maximum atomic E-state index is 10.1. The maximum absolute atomic E-state index is 10.1. The van der Waals surface area contributed by atoms with Crippen LogP contribution in [-0.4, -0.2) is 10.6 Å². The van der Waals surface area contributed by atoms with Crippen molar-refractivity contribution in [2.45, 2.75) is 57.7 Å². The van der Waals surface area contributed by atoms with Crippen LogP contribution >= 0.6 is 23.2 Å². The molecule has 0 saturated heterocycles. The van der Waals surface area contributed by atoms with Gasteiger partial charge in [0.2, 0.25) is 0 Å². The standard InChI is InChI=1S/C6H14.C4H6Cl2O/c1-3-5-6-4-2;1-3(7)2-4(5)6/h3-6H2,1-2H3;4H,2H2,1H3. The molecule has 0 bridgehead atoms. The molecule has 3 heteroatoms. The van der Waals surface area contributed by atoms with E-state index in [1.165, 1.54) is 32.6 Å². The van der Waals surface area contributed by atoms with Crippen molar-refractivity contribution in [2.24, 2.45) is 0 Å². The van der Waals surface area contributed by atoms with Crippen molar-refractivity contribution in [1.29, 1.82) is 0 Å². The smallest absolute Gasteiger partial charge is 0.132 e. The minimum atomic E-state index is -0.530. The van der Waals surface area contributed by atoms with E-state index in [0.29, 0.717) is 0 Å². The fraction of sp³-hybridized carbons (Fsp3) is 0.900. The molecule has 0 aromatic rings. The molecule has 0 aliphatic carbocycles. The number of rotatable bonds is 5. The van der Waals surface area contributed by atoms with Crippen LogP contribution in [0.15, 0.2) is 0 Å². The Morgan fingerprint density at radius 3 is 1.62 bits per heavy atom. The second-order valence-corrected chi connectivity index (χ2v) is 4.28. The number of hydrogen-bond acceptors (Lipinski definition) is 1. The first-order valence-corrected chi connectivity index (χ1v) is 5.69. The number of carbonyl (C=O) groups is 1. The van der Waals surface area contributed by atoms with Crippen molar-refractivity contribution in [2.75, 3.05) is 0 Å². The van der Waals surface area contributed by atoms with E-state index in [0.717, 1.165) is 0 Å². The Hall–Kier alpha value is 0.250. The maximum Gasteiger partial charge on any atom is 0.132 e. The Morgan fingerprint density at radius 2 is 1.54 bits per heavy atom. The summed E-state index contributed by atoms with van der Waals surface area (Å²) >= 11 is 10.4. The Morgan fingerprint density at radius 1 is 1.15 bits per heavy atom. The van der Waals surface area contributed by atoms with Gasteiger partial charge in [-0.05, 0) is 6.92 Å². The lowest BCUT2D eigenvalue weighted by molar-refractivity contribution is -0.116. The van der Waals surface area contributed by atoms with E-state index in [1.807, 2.05) is 0 Å². The third kappa shape index (κ3) is 24.5. The lowest BCUT2D eigenvalue weighted by atomic mass is 10.2. The predicted molar refractivity (Wildman–Crippen MR) is 60.6 cm³/mol. The van der Waals surface area contributed by atoms with Gasteiger partial charge in [-0.15, -0.1) is 23.2 Å². The molecular weight excluding hydrogens is 207 g/mol. The van der Waals surface area contributed by atoms with E-state index < -0.39 is 4.84 Å². The Bertz CT molecular complexity index is 109. The van der Waals surface area contributed by atoms with Crippen molar-refractivity contribution in [3.63, 3.8) is 0 Å². The first-order valence-electron chi connectivity index (χ1n) is 4.82. The Balaban J connectivity index is 0. The average molecular weight is 227 g/mol. The fourth-order valence-electron chi connectivity index (χ4n) is 0.717. The zero-order valence-corrected chi connectivity index (χ0v) is 10.3. The van der Waals surface area contributed by atoms with Crippen LogP contribution in [0.3, 0.4) is 0 Å². The predicted octanol–water partition coefficient (Wildman–Crippen LogP) is 4.36. The van der Waals surface area contributed by atoms with Gasteiger partial charge in [-0.1, -0.05) is 39.5 Å². The van der Waals surface area contributed by atoms with E-state index >= 15 is 0 Å². The minimum absolute atomic E-state index is 0.0231. The molecular formula is C10H20Cl2O. The number of Topliss-reactive ketones (excluding diaryl/α,β-unsaturated/α-hetero) is 1. The summed E-state index contributed by atoms with van der Waals surface area (Å²) in [7, 11) is 0. The van der Waals surface area contributed by atoms with E-state index in [4.69, 9.17) is 23.2 Å². The number of ketones is 1. The molecule has 0 heterocycles. The highest BCUT2D eigenvalue weighted by atomic mass is 35.5. The van der Waals surface area contributed by atoms with Gasteiger partial charge in [-0.2, -0.15) is 0 Å². The lowest BCUT2D eigenvalue weighted by Crippen LogP contribution is -1.95. The van der Waals surface area contributed by atoms with Crippen LogP contribution in [0.4, 0.5) is 0 Å². The summed E-state index contributed by atoms with van der Waals surface area (Å²) in [5, 5.41) is 0. The largest absolute Gasteiger partial charge is 0.300 e. The Kier molecular flexibility index (Phi) is 14.8. The monoisotopic (exact) mass is 226 g/mol. The van der Waals surface area contributed by atoms with Gasteiger partial charge in [-0.25, -0.2) is 0 Å². The number of alkyl halides is 2. The molecule has 13 heavy (non-hydrogen) atoms. The molecule has 1 nitrogen and oxygen atoms in total. The van der Waals surface area contributed by atoms with Gasteiger partial charge in [0, 0.05) is 6.42 Å². The SMILES string of the molecule is CC(=O)CC(Cl)Cl.CCCCCC. The van der Waals surface area contributed by atoms with Gasteiger partial charge in [0.15, 0.2) is 0 Å². The van der Waals surface area contributed by atoms with Crippen LogP contribution in [0.2, 0.25) is 0 Å². The molecule has 0 unspecified atom stereocenters. The number of halogens is 2. The van der Waals surface area contributed by atoms with E-state index in [-0.39, 0.29) is 12.2 Å². The molecule has 0 radical (unpaired) electrons. The molecule has 0 N–H and O–H groups in total. The summed E-state index contributed by atoms with van der Waals surface area (Å²) in [6.45, 7) is 5.92. The van der Waals surface area contributed by atoms with E-state index in [1.54, 1.807) is 0 Å². The zero-order valence-electron chi connectivity index (χ0n) is 8.78. The van der Waals surface area contributed by atoms with Gasteiger partial charge in [0.25, 0.3) is 0 Å². The molecule has 0 amide bonds. The van der Waals surface area contributed by atoms with Crippen LogP contribution in [-0.2, 0) is 4.79 Å². The summed E-state index contributed by atoms with van der Waals surface area (Å²) in [5.41, 5.74) is 0. The molecule has 0 atom stereocenters. The van der Waals surface area contributed by atoms with Gasteiger partial charge in [0.05, 0.1) is 0 Å². The van der Waals surface area contributed by atoms with Crippen LogP contribution < -0.4 is 0 Å². The molecule has 0 fully saturated rings. The van der Waals surface area contributed by atoms with Crippen molar-refractivity contribution in [3.8, 4) is 0 Å². The average Bonchev–Trinajstić information content (AvgIpc) is 1.99. The third-order valence-electron chi connectivity index (χ3n) is 1.40. The topological polar surface area (TPSA) is 17.1 Å². The fourth-order valence-corrected chi connectivity index (χ4v) is 1.15. The molecule has 0 rings (SSSR count). The second-order valence-electron chi connectivity index (χ2n) is 3.00. The van der Waals surface area contributed by atoms with Gasteiger partial charge in [-0.3, -0.25) is 4.79 Å². The van der Waals surface area contributed by atoms with Crippen molar-refractivity contribution in [3.05, 3.63) is 0 Å². The highest BCUT2D eigenvalue weighted by molar-refractivity contribution is 6.45. The Labute approximate surface area is 91.8 Å². The number of carbonyl (C=O) groups excluding carboxylic acids is 1. The quantitative estimate of drug-likeness (QED) is 0.503. The van der Waals surface area contributed by atoms with Crippen LogP contribution in [0.25, 0.3) is 0 Å². The van der Waals surface area contributed by atoms with E-state index in [2.05, 4.69) is 13.8 Å². The van der Waals surface area contributed by atoms with Crippen LogP contribution in [0.5, 0.6) is 0 Å². The molecule has 0 saturated carbocycles. The number of unbranched alkanes of at least 4 members (excludes halogenated alkanes) is 3. The normalized spacial score (nSPS) is 9.38. The van der Waals surface area contributed by atoms with E-state index in [9.17, 15) is 4.79 Å². The van der Waals surface area contributed by atoms with Crippen molar-refractivity contribution in [1.82, 2.24) is 0 Å².